The second-order valence-electron chi connectivity index (χ2n) is 10.6. The van der Waals surface area contributed by atoms with Crippen molar-refractivity contribution in [2.75, 3.05) is 14.2 Å². The largest absolute Gasteiger partial charge is 0.504 e. The van der Waals surface area contributed by atoms with E-state index in [4.69, 9.17) is 18.9 Å². The minimum atomic E-state index is -0.597. The Bertz CT molecular complexity index is 1470. The van der Waals surface area contributed by atoms with E-state index in [1.165, 1.54) is 21.1 Å². The first kappa shape index (κ1) is 31.3. The number of aryl methyl sites for hydroxylation is 2. The lowest BCUT2D eigenvalue weighted by Gasteiger charge is -2.27. The van der Waals surface area contributed by atoms with Crippen molar-refractivity contribution in [3.8, 4) is 34.8 Å². The average molecular weight is 587 g/mol. The van der Waals surface area contributed by atoms with Crippen LogP contribution in [0.5, 0.6) is 23.0 Å². The van der Waals surface area contributed by atoms with Gasteiger partial charge in [0.15, 0.2) is 23.0 Å². The van der Waals surface area contributed by atoms with Crippen LogP contribution in [0.15, 0.2) is 60.7 Å². The van der Waals surface area contributed by atoms with Crippen LogP contribution in [0.2, 0.25) is 0 Å². The van der Waals surface area contributed by atoms with Crippen molar-refractivity contribution in [1.82, 2.24) is 0 Å². The molecule has 0 spiro atoms. The Kier molecular flexibility index (Phi) is 10.9. The van der Waals surface area contributed by atoms with Crippen molar-refractivity contribution in [2.45, 2.75) is 70.0 Å². The fraction of sp³-hybridized carbons (Fsp3) is 0.371. The maximum atomic E-state index is 13.1. The topological polar surface area (TPSA) is 112 Å². The summed E-state index contributed by atoms with van der Waals surface area (Å²) in [5, 5.41) is 20.6. The van der Waals surface area contributed by atoms with Crippen molar-refractivity contribution in [3.05, 3.63) is 82.9 Å². The number of phenols is 2. The molecule has 0 unspecified atom stereocenters. The van der Waals surface area contributed by atoms with E-state index in [0.29, 0.717) is 43.6 Å². The SMILES string of the molecule is COc1cc([C@@H]2C#CCc3cc(O)c(OC)cc3CC[C@H](OC(C)=O)C[C@@H](OC(=O)CCc3ccccc3)C2)ccc1O. The number of hydrogen-bond donors (Lipinski definition) is 2. The van der Waals surface area contributed by atoms with Crippen LogP contribution in [0.1, 0.15) is 60.8 Å². The number of rotatable bonds is 8. The first-order valence-electron chi connectivity index (χ1n) is 14.4. The molecule has 3 aromatic carbocycles. The summed E-state index contributed by atoms with van der Waals surface area (Å²) in [4.78, 5) is 25.2. The normalized spacial score (nSPS) is 18.4. The molecule has 0 aliphatic heterocycles. The third kappa shape index (κ3) is 8.92. The summed E-state index contributed by atoms with van der Waals surface area (Å²) in [6.07, 6.45) is 1.63. The van der Waals surface area contributed by atoms with Crippen LogP contribution in [0.4, 0.5) is 0 Å². The van der Waals surface area contributed by atoms with E-state index in [2.05, 4.69) is 11.8 Å². The van der Waals surface area contributed by atoms with Gasteiger partial charge in [0.25, 0.3) is 0 Å². The number of benzene rings is 3. The van der Waals surface area contributed by atoms with Gasteiger partial charge in [-0.25, -0.2) is 0 Å². The highest BCUT2D eigenvalue weighted by Gasteiger charge is 2.27. The minimum absolute atomic E-state index is 0.00419. The molecule has 0 fully saturated rings. The van der Waals surface area contributed by atoms with Gasteiger partial charge in [-0.05, 0) is 65.8 Å². The molecule has 0 saturated carbocycles. The standard InChI is InChI=1S/C35H38O8/c1-23(36)42-29-15-13-27-21-34(41-3)32(38)19-26(27)11-7-10-25(28-14-16-31(37)33(20-28)40-2)18-30(22-29)43-35(39)17-12-24-8-5-4-6-9-24/h4-6,8-9,14,16,19-21,25,29-30,37-38H,11-13,15,17-18,22H2,1-3H3/t25-,29+,30+/m1/s1. The molecule has 1 aliphatic rings. The van der Waals surface area contributed by atoms with E-state index in [9.17, 15) is 19.8 Å². The van der Waals surface area contributed by atoms with Crippen LogP contribution in [-0.2, 0) is 38.3 Å². The van der Waals surface area contributed by atoms with Gasteiger partial charge in [0.05, 0.1) is 14.2 Å². The van der Waals surface area contributed by atoms with Crippen LogP contribution in [0, 0.1) is 11.8 Å². The summed E-state index contributed by atoms with van der Waals surface area (Å²) in [6, 6.07) is 18.2. The zero-order valence-electron chi connectivity index (χ0n) is 24.8. The number of ether oxygens (including phenoxy) is 4. The lowest BCUT2D eigenvalue weighted by Crippen LogP contribution is -2.29. The van der Waals surface area contributed by atoms with Gasteiger partial charge in [0.2, 0.25) is 0 Å². The molecule has 43 heavy (non-hydrogen) atoms. The Hall–Kier alpha value is -4.64. The second-order valence-corrected chi connectivity index (χ2v) is 10.6. The third-order valence-corrected chi connectivity index (χ3v) is 7.51. The third-order valence-electron chi connectivity index (χ3n) is 7.51. The van der Waals surface area contributed by atoms with E-state index >= 15 is 0 Å². The summed E-state index contributed by atoms with van der Waals surface area (Å²) in [5.74, 6) is 6.11. The van der Waals surface area contributed by atoms with E-state index in [1.54, 1.807) is 30.3 Å². The van der Waals surface area contributed by atoms with Gasteiger partial charge in [-0.1, -0.05) is 48.2 Å². The highest BCUT2D eigenvalue weighted by molar-refractivity contribution is 5.70. The molecule has 1 aliphatic carbocycles. The lowest BCUT2D eigenvalue weighted by molar-refractivity contribution is -0.154. The Morgan fingerprint density at radius 2 is 1.60 bits per heavy atom. The molecule has 3 aromatic rings. The molecule has 8 nitrogen and oxygen atoms in total. The number of phenolic OH excluding ortho intramolecular Hbond substituents is 2. The summed E-state index contributed by atoms with van der Waals surface area (Å²) < 4.78 is 22.5. The van der Waals surface area contributed by atoms with E-state index < -0.39 is 24.1 Å². The minimum Gasteiger partial charge on any atom is -0.504 e. The number of carbonyl (C=O) groups is 2. The van der Waals surface area contributed by atoms with Crippen molar-refractivity contribution in [3.63, 3.8) is 0 Å². The highest BCUT2D eigenvalue weighted by Crippen LogP contribution is 2.34. The Morgan fingerprint density at radius 3 is 2.33 bits per heavy atom. The Balaban J connectivity index is 1.69. The molecule has 226 valence electrons. The van der Waals surface area contributed by atoms with Crippen LogP contribution < -0.4 is 9.47 Å². The molecule has 0 bridgehead atoms. The van der Waals surface area contributed by atoms with Crippen LogP contribution in [-0.4, -0.2) is 48.6 Å². The molecule has 4 rings (SSSR count). The summed E-state index contributed by atoms with van der Waals surface area (Å²) in [5.41, 5.74) is 3.59. The van der Waals surface area contributed by atoms with Gasteiger partial charge >= 0.3 is 11.9 Å². The number of carbonyl (C=O) groups excluding carboxylic acids is 2. The molecule has 0 radical (unpaired) electrons. The van der Waals surface area contributed by atoms with E-state index in [1.807, 2.05) is 30.3 Å². The maximum Gasteiger partial charge on any atom is 0.306 e. The Labute approximate surface area is 252 Å². The molecular weight excluding hydrogens is 548 g/mol. The van der Waals surface area contributed by atoms with Crippen molar-refractivity contribution in [1.29, 1.82) is 0 Å². The van der Waals surface area contributed by atoms with Gasteiger partial charge in [-0.15, -0.1) is 0 Å². The molecule has 0 heterocycles. The summed E-state index contributed by atoms with van der Waals surface area (Å²) in [7, 11) is 2.97. The maximum absolute atomic E-state index is 13.1. The smallest absolute Gasteiger partial charge is 0.306 e. The molecule has 0 saturated heterocycles. The van der Waals surface area contributed by atoms with Gasteiger partial charge in [0, 0.05) is 38.5 Å². The number of esters is 2. The van der Waals surface area contributed by atoms with E-state index in [0.717, 1.165) is 22.3 Å². The first-order chi connectivity index (χ1) is 20.7. The molecule has 8 heteroatoms. The van der Waals surface area contributed by atoms with Crippen molar-refractivity contribution >= 4 is 11.9 Å². The van der Waals surface area contributed by atoms with Crippen molar-refractivity contribution < 1.29 is 38.7 Å². The number of aromatic hydroxyl groups is 2. The van der Waals surface area contributed by atoms with Crippen LogP contribution >= 0.6 is 0 Å². The van der Waals surface area contributed by atoms with Crippen molar-refractivity contribution in [2.24, 2.45) is 0 Å². The summed E-state index contributed by atoms with van der Waals surface area (Å²) in [6.45, 7) is 1.36. The molecule has 2 N–H and O–H groups in total. The average Bonchev–Trinajstić information content (AvgIpc) is 2.98. The van der Waals surface area contributed by atoms with E-state index in [-0.39, 0.29) is 30.3 Å². The fourth-order valence-electron chi connectivity index (χ4n) is 5.33. The lowest BCUT2D eigenvalue weighted by atomic mass is 9.88. The monoisotopic (exact) mass is 586 g/mol. The Morgan fingerprint density at radius 1 is 0.860 bits per heavy atom. The summed E-state index contributed by atoms with van der Waals surface area (Å²) >= 11 is 0. The zero-order chi connectivity index (χ0) is 30.8. The van der Waals surface area contributed by atoms with Gasteiger partial charge in [-0.2, -0.15) is 0 Å². The quantitative estimate of drug-likeness (QED) is 0.257. The highest BCUT2D eigenvalue weighted by atomic mass is 16.6. The first-order valence-corrected chi connectivity index (χ1v) is 14.4. The predicted molar refractivity (Wildman–Crippen MR) is 161 cm³/mol. The molecule has 0 amide bonds. The predicted octanol–water partition coefficient (Wildman–Crippen LogP) is 5.65. The van der Waals surface area contributed by atoms with Crippen LogP contribution in [0.3, 0.4) is 0 Å². The van der Waals surface area contributed by atoms with Crippen LogP contribution in [0.25, 0.3) is 0 Å². The van der Waals surface area contributed by atoms with Gasteiger partial charge < -0.3 is 29.2 Å². The van der Waals surface area contributed by atoms with Gasteiger partial charge in [-0.3, -0.25) is 9.59 Å². The zero-order valence-corrected chi connectivity index (χ0v) is 24.8. The molecule has 3 atom stereocenters. The number of hydrogen-bond acceptors (Lipinski definition) is 8. The molecule has 0 aromatic heterocycles. The van der Waals surface area contributed by atoms with Gasteiger partial charge in [0.1, 0.15) is 12.2 Å². The number of methoxy groups -OCH3 is 2. The fourth-order valence-corrected chi connectivity index (χ4v) is 5.33. The molecular formula is C35H38O8. The second kappa shape index (κ2) is 15.0. The number of fused-ring (bicyclic) bond motifs is 1.